The average molecular weight is 298 g/mol. The second kappa shape index (κ2) is 12.3. The predicted octanol–water partition coefficient (Wildman–Crippen LogP) is 5.57. The van der Waals surface area contributed by atoms with Gasteiger partial charge in [0.2, 0.25) is 0 Å². The molecule has 0 unspecified atom stereocenters. The Bertz CT molecular complexity index is 326. The minimum Gasteiger partial charge on any atom is -0.214 e. The van der Waals surface area contributed by atoms with Crippen molar-refractivity contribution in [3.05, 3.63) is 60.2 Å². The van der Waals surface area contributed by atoms with E-state index in [0.29, 0.717) is 0 Å². The van der Waals surface area contributed by atoms with Gasteiger partial charge in [0.1, 0.15) is 0 Å². The summed E-state index contributed by atoms with van der Waals surface area (Å²) >= 11 is 0. The Morgan fingerprint density at radius 3 is 2.00 bits per heavy atom. The van der Waals surface area contributed by atoms with Gasteiger partial charge < -0.3 is 0 Å². The molecule has 0 heterocycles. The Labute approximate surface area is 129 Å². The van der Waals surface area contributed by atoms with Crippen LogP contribution in [-0.4, -0.2) is 0 Å². The maximum Gasteiger partial charge on any atom is 2.00 e. The van der Waals surface area contributed by atoms with E-state index in [4.69, 9.17) is 0 Å². The van der Waals surface area contributed by atoms with Crippen LogP contribution in [0.3, 0.4) is 0 Å². The Kier molecular flexibility index (Phi) is 11.8. The van der Waals surface area contributed by atoms with Crippen molar-refractivity contribution in [2.24, 2.45) is 5.92 Å². The molecule has 0 aliphatic rings. The molecule has 0 radical (unpaired) electrons. The van der Waals surface area contributed by atoms with Gasteiger partial charge in [-0.05, 0) is 5.92 Å². The molecule has 106 valence electrons. The minimum atomic E-state index is 0. The first-order valence-electron chi connectivity index (χ1n) is 7.16. The zero-order valence-corrected chi connectivity index (χ0v) is 13.3. The van der Waals surface area contributed by atoms with Crippen molar-refractivity contribution in [3.63, 3.8) is 0 Å². The molecule has 0 aromatic heterocycles. The van der Waals surface area contributed by atoms with Crippen LogP contribution in [0.15, 0.2) is 54.6 Å². The van der Waals surface area contributed by atoms with Gasteiger partial charge in [0.15, 0.2) is 0 Å². The van der Waals surface area contributed by atoms with E-state index in [1.807, 2.05) is 30.3 Å². The summed E-state index contributed by atoms with van der Waals surface area (Å²) in [5, 5.41) is 0. The van der Waals surface area contributed by atoms with E-state index in [1.165, 1.54) is 37.7 Å². The summed E-state index contributed by atoms with van der Waals surface area (Å²) in [6.45, 7) is 4.61. The van der Waals surface area contributed by atoms with Crippen molar-refractivity contribution in [3.8, 4) is 0 Å². The van der Waals surface area contributed by atoms with Gasteiger partial charge in [-0.25, -0.2) is 24.3 Å². The standard InChI is InChI=1S/C13H21.C5H5.Fe/c1-12(2)8-4-3-5-9-13-10-6-7-11-13;1-2-4-5-3-1;/h6-7,10-12H,3-5,8-9H2,1-2H3;1-5H;/q2*-1;+2. The van der Waals surface area contributed by atoms with Crippen molar-refractivity contribution in [1.82, 2.24) is 0 Å². The van der Waals surface area contributed by atoms with Gasteiger partial charge in [0.25, 0.3) is 0 Å². The molecule has 0 amide bonds. The third-order valence-electron chi connectivity index (χ3n) is 3.03. The molecule has 19 heavy (non-hydrogen) atoms. The van der Waals surface area contributed by atoms with Crippen LogP contribution in [0.1, 0.15) is 45.1 Å². The van der Waals surface area contributed by atoms with E-state index in [0.717, 1.165) is 5.92 Å². The zero-order valence-electron chi connectivity index (χ0n) is 12.2. The van der Waals surface area contributed by atoms with E-state index in [1.54, 1.807) is 0 Å². The number of rotatable bonds is 6. The Balaban J connectivity index is 0.000000454. The van der Waals surface area contributed by atoms with Crippen LogP contribution < -0.4 is 0 Å². The molecule has 0 bridgehead atoms. The van der Waals surface area contributed by atoms with E-state index in [-0.39, 0.29) is 17.1 Å². The molecular formula is C18H26Fe. The van der Waals surface area contributed by atoms with E-state index >= 15 is 0 Å². The molecule has 0 saturated carbocycles. The average Bonchev–Trinajstić information content (AvgIpc) is 3.04. The summed E-state index contributed by atoms with van der Waals surface area (Å²) in [5.41, 5.74) is 1.50. The van der Waals surface area contributed by atoms with Crippen LogP contribution in [0.2, 0.25) is 0 Å². The molecule has 0 aliphatic heterocycles. The summed E-state index contributed by atoms with van der Waals surface area (Å²) in [6.07, 6.45) is 6.81. The van der Waals surface area contributed by atoms with Crippen LogP contribution in [-0.2, 0) is 23.5 Å². The van der Waals surface area contributed by atoms with Gasteiger partial charge in [0.05, 0.1) is 0 Å². The van der Waals surface area contributed by atoms with Crippen LogP contribution in [0.4, 0.5) is 0 Å². The quantitative estimate of drug-likeness (QED) is 0.372. The first-order chi connectivity index (χ1) is 8.79. The normalized spacial score (nSPS) is 9.63. The number of hydrogen-bond donors (Lipinski definition) is 0. The Morgan fingerprint density at radius 1 is 0.895 bits per heavy atom. The summed E-state index contributed by atoms with van der Waals surface area (Å²) in [6, 6.07) is 18.7. The van der Waals surface area contributed by atoms with Gasteiger partial charge in [-0.2, -0.15) is 35.9 Å². The van der Waals surface area contributed by atoms with Gasteiger partial charge in [-0.15, -0.1) is 0 Å². The van der Waals surface area contributed by atoms with E-state index < -0.39 is 0 Å². The van der Waals surface area contributed by atoms with Crippen molar-refractivity contribution in [1.29, 1.82) is 0 Å². The number of hydrogen-bond acceptors (Lipinski definition) is 0. The second-order valence-corrected chi connectivity index (χ2v) is 5.25. The SMILES string of the molecule is CC(C)CCCCC[c-]1cccc1.[Fe+2].c1cc[cH-]c1. The molecule has 0 N–H and O–H groups in total. The van der Waals surface area contributed by atoms with Crippen molar-refractivity contribution in [2.45, 2.75) is 46.0 Å². The van der Waals surface area contributed by atoms with Crippen LogP contribution in [0.5, 0.6) is 0 Å². The topological polar surface area (TPSA) is 0 Å². The third-order valence-corrected chi connectivity index (χ3v) is 3.03. The van der Waals surface area contributed by atoms with Crippen molar-refractivity contribution < 1.29 is 17.1 Å². The summed E-state index contributed by atoms with van der Waals surface area (Å²) in [7, 11) is 0. The van der Waals surface area contributed by atoms with Crippen molar-refractivity contribution >= 4 is 0 Å². The monoisotopic (exact) mass is 298 g/mol. The fourth-order valence-electron chi connectivity index (χ4n) is 1.96. The van der Waals surface area contributed by atoms with Crippen LogP contribution in [0, 0.1) is 5.92 Å². The minimum absolute atomic E-state index is 0. The maximum absolute atomic E-state index is 2.30. The maximum atomic E-state index is 2.30. The van der Waals surface area contributed by atoms with E-state index in [2.05, 4.69) is 38.1 Å². The van der Waals surface area contributed by atoms with E-state index in [9.17, 15) is 0 Å². The number of unbranched alkanes of at least 4 members (excludes halogenated alkanes) is 2. The summed E-state index contributed by atoms with van der Waals surface area (Å²) in [4.78, 5) is 0. The first-order valence-corrected chi connectivity index (χ1v) is 7.16. The smallest absolute Gasteiger partial charge is 0.214 e. The molecular weight excluding hydrogens is 272 g/mol. The van der Waals surface area contributed by atoms with Gasteiger partial charge >= 0.3 is 17.1 Å². The molecule has 2 rings (SSSR count). The largest absolute Gasteiger partial charge is 2.00 e. The Hall–Kier alpha value is -0.781. The van der Waals surface area contributed by atoms with Crippen LogP contribution >= 0.6 is 0 Å². The molecule has 2 aromatic rings. The van der Waals surface area contributed by atoms with Crippen molar-refractivity contribution in [2.75, 3.05) is 0 Å². The molecule has 0 nitrogen and oxygen atoms in total. The second-order valence-electron chi connectivity index (χ2n) is 5.25. The zero-order chi connectivity index (χ0) is 13.1. The molecule has 2 aromatic carbocycles. The fraction of sp³-hybridized carbons (Fsp3) is 0.444. The number of aryl methyl sites for hydroxylation is 1. The van der Waals surface area contributed by atoms with Gasteiger partial charge in [0, 0.05) is 0 Å². The van der Waals surface area contributed by atoms with Crippen LogP contribution in [0.25, 0.3) is 0 Å². The van der Waals surface area contributed by atoms with Gasteiger partial charge in [-0.3, -0.25) is 0 Å². The summed E-state index contributed by atoms with van der Waals surface area (Å²) in [5.74, 6) is 0.874. The molecule has 0 aliphatic carbocycles. The summed E-state index contributed by atoms with van der Waals surface area (Å²) < 4.78 is 0. The molecule has 0 spiro atoms. The molecule has 1 heteroatoms. The predicted molar refractivity (Wildman–Crippen MR) is 81.1 cm³/mol. The molecule has 0 fully saturated rings. The van der Waals surface area contributed by atoms with Gasteiger partial charge in [-0.1, -0.05) is 46.0 Å². The molecule has 0 atom stereocenters. The third kappa shape index (κ3) is 10.8. The molecule has 0 saturated heterocycles. The fourth-order valence-corrected chi connectivity index (χ4v) is 1.96. The first kappa shape index (κ1) is 18.2. The Morgan fingerprint density at radius 2 is 1.53 bits per heavy atom.